The second-order valence-corrected chi connectivity index (χ2v) is 4.29. The number of likely N-dealkylation sites (N-methyl/N-ethyl adjacent to an activating group) is 1. The molecule has 0 saturated heterocycles. The SMILES string of the molecule is CCN(C)C(=O)CNCC(O)COCc1ccco1. The zero-order valence-electron chi connectivity index (χ0n) is 11.5. The Bertz CT molecular complexity index is 354. The smallest absolute Gasteiger partial charge is 0.236 e. The van der Waals surface area contributed by atoms with E-state index in [1.54, 1.807) is 24.3 Å². The zero-order valence-corrected chi connectivity index (χ0v) is 11.5. The highest BCUT2D eigenvalue weighted by Gasteiger charge is 2.08. The summed E-state index contributed by atoms with van der Waals surface area (Å²) in [5.41, 5.74) is 0. The van der Waals surface area contributed by atoms with Crippen LogP contribution in [-0.2, 0) is 16.1 Å². The lowest BCUT2D eigenvalue weighted by Crippen LogP contribution is -2.39. The number of carbonyl (C=O) groups excluding carboxylic acids is 1. The van der Waals surface area contributed by atoms with Gasteiger partial charge in [0.15, 0.2) is 0 Å². The molecule has 1 rings (SSSR count). The van der Waals surface area contributed by atoms with E-state index in [0.29, 0.717) is 19.7 Å². The average molecular weight is 270 g/mol. The molecule has 2 N–H and O–H groups in total. The van der Waals surface area contributed by atoms with Crippen LogP contribution in [0.3, 0.4) is 0 Å². The lowest BCUT2D eigenvalue weighted by atomic mass is 10.3. The van der Waals surface area contributed by atoms with Gasteiger partial charge in [-0.05, 0) is 19.1 Å². The number of nitrogens with zero attached hydrogens (tertiary/aromatic N) is 1. The summed E-state index contributed by atoms with van der Waals surface area (Å²) in [6, 6.07) is 3.59. The molecule has 108 valence electrons. The van der Waals surface area contributed by atoms with Gasteiger partial charge in [-0.25, -0.2) is 0 Å². The van der Waals surface area contributed by atoms with E-state index in [9.17, 15) is 9.90 Å². The summed E-state index contributed by atoms with van der Waals surface area (Å²) in [7, 11) is 1.74. The molecule has 19 heavy (non-hydrogen) atoms. The van der Waals surface area contributed by atoms with Crippen LogP contribution in [-0.4, -0.2) is 55.3 Å². The minimum absolute atomic E-state index is 0.00574. The van der Waals surface area contributed by atoms with Crippen LogP contribution < -0.4 is 5.32 Å². The molecule has 1 amide bonds. The van der Waals surface area contributed by atoms with Crippen LogP contribution in [0, 0.1) is 0 Å². The van der Waals surface area contributed by atoms with Gasteiger partial charge < -0.3 is 24.5 Å². The molecule has 0 radical (unpaired) electrons. The van der Waals surface area contributed by atoms with E-state index in [0.717, 1.165) is 5.76 Å². The van der Waals surface area contributed by atoms with Gasteiger partial charge in [-0.3, -0.25) is 4.79 Å². The molecule has 6 nitrogen and oxygen atoms in total. The fourth-order valence-corrected chi connectivity index (χ4v) is 1.41. The Morgan fingerprint density at radius 1 is 1.63 bits per heavy atom. The quantitative estimate of drug-likeness (QED) is 0.671. The van der Waals surface area contributed by atoms with Crippen molar-refractivity contribution < 1.29 is 19.1 Å². The molecule has 1 aromatic rings. The van der Waals surface area contributed by atoms with Gasteiger partial charge in [-0.15, -0.1) is 0 Å². The molecular formula is C13H22N2O4. The van der Waals surface area contributed by atoms with Crippen molar-refractivity contribution in [1.82, 2.24) is 10.2 Å². The zero-order chi connectivity index (χ0) is 14.1. The van der Waals surface area contributed by atoms with E-state index < -0.39 is 6.10 Å². The van der Waals surface area contributed by atoms with Crippen LogP contribution in [0.25, 0.3) is 0 Å². The predicted octanol–water partition coefficient (Wildman–Crippen LogP) is 0.225. The van der Waals surface area contributed by atoms with Gasteiger partial charge in [-0.1, -0.05) is 0 Å². The third kappa shape index (κ3) is 6.37. The first-order valence-corrected chi connectivity index (χ1v) is 6.36. The molecule has 0 aromatic carbocycles. The van der Waals surface area contributed by atoms with Crippen molar-refractivity contribution in [3.05, 3.63) is 24.2 Å². The molecule has 6 heteroatoms. The Morgan fingerprint density at radius 3 is 3.05 bits per heavy atom. The summed E-state index contributed by atoms with van der Waals surface area (Å²) in [6.45, 7) is 3.67. The summed E-state index contributed by atoms with van der Waals surface area (Å²) >= 11 is 0. The average Bonchev–Trinajstić information content (AvgIpc) is 2.90. The van der Waals surface area contributed by atoms with Gasteiger partial charge in [0, 0.05) is 20.1 Å². The van der Waals surface area contributed by atoms with Gasteiger partial charge in [0.2, 0.25) is 5.91 Å². The summed E-state index contributed by atoms with van der Waals surface area (Å²) in [6.07, 6.45) is 0.932. The van der Waals surface area contributed by atoms with E-state index in [2.05, 4.69) is 5.32 Å². The molecule has 1 heterocycles. The molecule has 0 saturated carbocycles. The highest BCUT2D eigenvalue weighted by molar-refractivity contribution is 5.77. The van der Waals surface area contributed by atoms with Gasteiger partial charge in [0.1, 0.15) is 12.4 Å². The molecule has 0 aliphatic rings. The number of ether oxygens (including phenoxy) is 1. The molecular weight excluding hydrogens is 248 g/mol. The first-order valence-electron chi connectivity index (χ1n) is 6.36. The predicted molar refractivity (Wildman–Crippen MR) is 70.6 cm³/mol. The number of hydrogen-bond donors (Lipinski definition) is 2. The standard InChI is InChI=1S/C13H22N2O4/c1-3-15(2)13(17)8-14-7-11(16)9-18-10-12-5-4-6-19-12/h4-6,11,14,16H,3,7-10H2,1-2H3. The fraction of sp³-hybridized carbons (Fsp3) is 0.615. The van der Waals surface area contributed by atoms with Crippen LogP contribution in [0.4, 0.5) is 0 Å². The van der Waals surface area contributed by atoms with Gasteiger partial charge in [-0.2, -0.15) is 0 Å². The van der Waals surface area contributed by atoms with E-state index in [1.165, 1.54) is 0 Å². The van der Waals surface area contributed by atoms with Gasteiger partial charge >= 0.3 is 0 Å². The number of nitrogens with one attached hydrogen (secondary N) is 1. The van der Waals surface area contributed by atoms with Crippen molar-refractivity contribution in [3.63, 3.8) is 0 Å². The first-order chi connectivity index (χ1) is 9.13. The van der Waals surface area contributed by atoms with Crippen molar-refractivity contribution in [2.24, 2.45) is 0 Å². The molecule has 0 spiro atoms. The minimum Gasteiger partial charge on any atom is -0.467 e. The second-order valence-electron chi connectivity index (χ2n) is 4.29. The van der Waals surface area contributed by atoms with Crippen LogP contribution in [0.1, 0.15) is 12.7 Å². The topological polar surface area (TPSA) is 74.9 Å². The Morgan fingerprint density at radius 2 is 2.42 bits per heavy atom. The second kappa shape index (κ2) is 8.68. The molecule has 0 aliphatic heterocycles. The lowest BCUT2D eigenvalue weighted by molar-refractivity contribution is -0.128. The maximum Gasteiger partial charge on any atom is 0.236 e. The normalized spacial score (nSPS) is 12.4. The lowest BCUT2D eigenvalue weighted by Gasteiger charge is -2.16. The highest BCUT2D eigenvalue weighted by Crippen LogP contribution is 2.01. The number of aliphatic hydroxyl groups excluding tert-OH is 1. The van der Waals surface area contributed by atoms with Crippen LogP contribution in [0.15, 0.2) is 22.8 Å². The van der Waals surface area contributed by atoms with Crippen molar-refractivity contribution >= 4 is 5.91 Å². The third-order valence-corrected chi connectivity index (χ3v) is 2.69. The Kier molecular flexibility index (Phi) is 7.17. The van der Waals surface area contributed by atoms with E-state index in [4.69, 9.17) is 9.15 Å². The number of carbonyl (C=O) groups is 1. The molecule has 0 bridgehead atoms. The minimum atomic E-state index is -0.644. The van der Waals surface area contributed by atoms with Crippen molar-refractivity contribution in [1.29, 1.82) is 0 Å². The van der Waals surface area contributed by atoms with Crippen molar-refractivity contribution in [2.45, 2.75) is 19.6 Å². The van der Waals surface area contributed by atoms with Gasteiger partial charge in [0.25, 0.3) is 0 Å². The summed E-state index contributed by atoms with van der Waals surface area (Å²) in [5, 5.41) is 12.5. The summed E-state index contributed by atoms with van der Waals surface area (Å²) < 4.78 is 10.4. The summed E-state index contributed by atoms with van der Waals surface area (Å²) in [4.78, 5) is 13.1. The van der Waals surface area contributed by atoms with E-state index >= 15 is 0 Å². The van der Waals surface area contributed by atoms with E-state index in [1.807, 2.05) is 13.0 Å². The molecule has 1 unspecified atom stereocenters. The number of furan rings is 1. The molecule has 1 atom stereocenters. The molecule has 1 aromatic heterocycles. The van der Waals surface area contributed by atoms with Crippen LogP contribution in [0.2, 0.25) is 0 Å². The van der Waals surface area contributed by atoms with Crippen molar-refractivity contribution in [3.8, 4) is 0 Å². The number of aliphatic hydroxyl groups is 1. The summed E-state index contributed by atoms with van der Waals surface area (Å²) in [5.74, 6) is 0.728. The third-order valence-electron chi connectivity index (χ3n) is 2.69. The number of rotatable bonds is 9. The van der Waals surface area contributed by atoms with Gasteiger partial charge in [0.05, 0.1) is 25.5 Å². The van der Waals surface area contributed by atoms with Crippen LogP contribution >= 0.6 is 0 Å². The Balaban J connectivity index is 2.04. The maximum atomic E-state index is 11.5. The molecule has 0 aliphatic carbocycles. The Labute approximate surface area is 113 Å². The Hall–Kier alpha value is -1.37. The number of hydrogen-bond acceptors (Lipinski definition) is 5. The van der Waals surface area contributed by atoms with Crippen molar-refractivity contribution in [2.75, 3.05) is 33.3 Å². The number of amides is 1. The fourth-order valence-electron chi connectivity index (χ4n) is 1.41. The first kappa shape index (κ1) is 15.7. The highest BCUT2D eigenvalue weighted by atomic mass is 16.5. The van der Waals surface area contributed by atoms with Crippen LogP contribution in [0.5, 0.6) is 0 Å². The monoisotopic (exact) mass is 270 g/mol. The molecule has 0 fully saturated rings. The maximum absolute atomic E-state index is 11.5. The largest absolute Gasteiger partial charge is 0.467 e. The van der Waals surface area contributed by atoms with E-state index in [-0.39, 0.29) is 19.1 Å².